The van der Waals surface area contributed by atoms with E-state index in [0.29, 0.717) is 35.0 Å². The predicted octanol–water partition coefficient (Wildman–Crippen LogP) is 3.60. The molecule has 0 radical (unpaired) electrons. The minimum atomic E-state index is -3.69. The minimum absolute atomic E-state index is 0.0294. The maximum absolute atomic E-state index is 12.5. The molecule has 2 aromatic heterocycles. The van der Waals surface area contributed by atoms with Crippen LogP contribution < -0.4 is 10.5 Å². The predicted molar refractivity (Wildman–Crippen MR) is 131 cm³/mol. The number of sulfonamides is 1. The van der Waals surface area contributed by atoms with Crippen molar-refractivity contribution in [1.29, 1.82) is 0 Å². The van der Waals surface area contributed by atoms with Crippen molar-refractivity contribution in [1.82, 2.24) is 19.7 Å². The summed E-state index contributed by atoms with van der Waals surface area (Å²) >= 11 is 0. The summed E-state index contributed by atoms with van der Waals surface area (Å²) in [6.45, 7) is 0.420. The lowest BCUT2D eigenvalue weighted by molar-refractivity contribution is 0.478. The number of aryl methyl sites for hydroxylation is 1. The highest BCUT2D eigenvalue weighted by Crippen LogP contribution is 2.37. The lowest BCUT2D eigenvalue weighted by Gasteiger charge is -2.08. The van der Waals surface area contributed by atoms with Crippen molar-refractivity contribution in [3.63, 3.8) is 0 Å². The van der Waals surface area contributed by atoms with Gasteiger partial charge in [0, 0.05) is 24.8 Å². The SMILES string of the molecule is Cn1nc(-c2ccc(NS(=O)(=O)c3ccccc3)cc2)c(O)c1-c1nc2ccc(CN)cc2[nH]1. The number of aromatic hydroxyl groups is 1. The molecule has 34 heavy (non-hydrogen) atoms. The first kappa shape index (κ1) is 21.7. The number of hydrogen-bond acceptors (Lipinski definition) is 6. The lowest BCUT2D eigenvalue weighted by Crippen LogP contribution is -2.12. The molecule has 0 aliphatic carbocycles. The number of fused-ring (bicyclic) bond motifs is 1. The molecule has 0 bridgehead atoms. The summed E-state index contributed by atoms with van der Waals surface area (Å²) in [6.07, 6.45) is 0. The molecule has 0 unspecified atom stereocenters. The molecule has 3 aromatic carbocycles. The van der Waals surface area contributed by atoms with Gasteiger partial charge in [0.05, 0.1) is 15.9 Å². The quantitative estimate of drug-likeness (QED) is 0.297. The van der Waals surface area contributed by atoms with Gasteiger partial charge in [-0.2, -0.15) is 5.10 Å². The zero-order chi connectivity index (χ0) is 23.9. The Morgan fingerprint density at radius 3 is 2.50 bits per heavy atom. The molecule has 5 N–H and O–H groups in total. The molecule has 0 saturated carbocycles. The number of nitrogens with one attached hydrogen (secondary N) is 2. The Bertz CT molecular complexity index is 1590. The second-order valence-electron chi connectivity index (χ2n) is 7.81. The highest BCUT2D eigenvalue weighted by Gasteiger charge is 2.21. The van der Waals surface area contributed by atoms with Crippen molar-refractivity contribution < 1.29 is 13.5 Å². The van der Waals surface area contributed by atoms with Crippen LogP contribution in [0.2, 0.25) is 0 Å². The Kier molecular flexibility index (Phi) is 5.31. The summed E-state index contributed by atoms with van der Waals surface area (Å²) in [5, 5.41) is 15.4. The molecule has 10 heteroatoms. The van der Waals surface area contributed by atoms with Gasteiger partial charge in [0.25, 0.3) is 10.0 Å². The molecule has 0 saturated heterocycles. The van der Waals surface area contributed by atoms with Gasteiger partial charge >= 0.3 is 0 Å². The van der Waals surface area contributed by atoms with Crippen LogP contribution >= 0.6 is 0 Å². The van der Waals surface area contributed by atoms with E-state index in [1.54, 1.807) is 54.2 Å². The van der Waals surface area contributed by atoms with E-state index in [0.717, 1.165) is 16.6 Å². The van der Waals surface area contributed by atoms with Gasteiger partial charge in [-0.3, -0.25) is 9.40 Å². The summed E-state index contributed by atoms with van der Waals surface area (Å²) in [4.78, 5) is 7.97. The summed E-state index contributed by atoms with van der Waals surface area (Å²) in [5.41, 5.74) is 10.1. The number of imidazole rings is 1. The molecule has 0 aliphatic rings. The molecule has 172 valence electrons. The van der Waals surface area contributed by atoms with E-state index in [1.165, 1.54) is 12.1 Å². The zero-order valence-electron chi connectivity index (χ0n) is 18.2. The van der Waals surface area contributed by atoms with Crippen molar-refractivity contribution in [2.45, 2.75) is 11.4 Å². The van der Waals surface area contributed by atoms with Crippen LogP contribution in [-0.4, -0.2) is 33.3 Å². The fraction of sp³-hybridized carbons (Fsp3) is 0.0833. The van der Waals surface area contributed by atoms with Crippen LogP contribution in [0.15, 0.2) is 77.7 Å². The van der Waals surface area contributed by atoms with E-state index in [9.17, 15) is 13.5 Å². The van der Waals surface area contributed by atoms with Crippen molar-refractivity contribution in [3.8, 4) is 28.5 Å². The summed E-state index contributed by atoms with van der Waals surface area (Å²) in [5.74, 6) is 0.452. The first-order valence-corrected chi connectivity index (χ1v) is 12.0. The average molecular weight is 475 g/mol. The summed E-state index contributed by atoms with van der Waals surface area (Å²) in [7, 11) is -1.97. The Balaban J connectivity index is 1.45. The number of aromatic amines is 1. The van der Waals surface area contributed by atoms with Gasteiger partial charge in [-0.25, -0.2) is 13.4 Å². The van der Waals surface area contributed by atoms with Crippen LogP contribution in [0.3, 0.4) is 0 Å². The van der Waals surface area contributed by atoms with Gasteiger partial charge in [-0.1, -0.05) is 36.4 Å². The Morgan fingerprint density at radius 2 is 1.79 bits per heavy atom. The van der Waals surface area contributed by atoms with Crippen LogP contribution in [0, 0.1) is 0 Å². The maximum Gasteiger partial charge on any atom is 0.261 e. The van der Waals surface area contributed by atoms with Gasteiger partial charge in [-0.15, -0.1) is 0 Å². The van der Waals surface area contributed by atoms with Crippen LogP contribution in [0.5, 0.6) is 5.75 Å². The van der Waals surface area contributed by atoms with Gasteiger partial charge in [-0.05, 0) is 42.0 Å². The second kappa shape index (κ2) is 8.32. The van der Waals surface area contributed by atoms with Gasteiger partial charge in [0.2, 0.25) is 0 Å². The third kappa shape index (κ3) is 3.89. The standard InChI is InChI=1S/C24H22N6O3S/c1-30-22(24-26-19-12-7-15(14-25)13-20(19)27-24)23(31)21(28-30)16-8-10-17(11-9-16)29-34(32,33)18-5-3-2-4-6-18/h2-13,29,31H,14,25H2,1H3,(H,26,27). The smallest absolute Gasteiger partial charge is 0.261 e. The number of benzene rings is 3. The fourth-order valence-corrected chi connectivity index (χ4v) is 4.86. The van der Waals surface area contributed by atoms with Crippen molar-refractivity contribution in [2.75, 3.05) is 4.72 Å². The molecular formula is C24H22N6O3S. The molecular weight excluding hydrogens is 452 g/mol. The van der Waals surface area contributed by atoms with Gasteiger partial charge in [0.1, 0.15) is 11.4 Å². The zero-order valence-corrected chi connectivity index (χ0v) is 19.0. The minimum Gasteiger partial charge on any atom is -0.504 e. The number of H-pyrrole nitrogens is 1. The molecule has 2 heterocycles. The lowest BCUT2D eigenvalue weighted by atomic mass is 10.1. The van der Waals surface area contributed by atoms with E-state index in [-0.39, 0.29) is 10.6 Å². The van der Waals surface area contributed by atoms with Crippen molar-refractivity contribution >= 4 is 26.7 Å². The van der Waals surface area contributed by atoms with Crippen LogP contribution in [0.4, 0.5) is 5.69 Å². The summed E-state index contributed by atoms with van der Waals surface area (Å²) < 4.78 is 29.2. The third-order valence-corrected chi connectivity index (χ3v) is 6.89. The monoisotopic (exact) mass is 474 g/mol. The van der Waals surface area contributed by atoms with Gasteiger partial charge < -0.3 is 15.8 Å². The first-order valence-electron chi connectivity index (χ1n) is 10.5. The number of anilines is 1. The largest absolute Gasteiger partial charge is 0.504 e. The number of hydrogen-bond donors (Lipinski definition) is 4. The summed E-state index contributed by atoms with van der Waals surface area (Å²) in [6, 6.07) is 20.5. The fourth-order valence-electron chi connectivity index (χ4n) is 3.78. The van der Waals surface area contributed by atoms with Crippen LogP contribution in [0.25, 0.3) is 33.8 Å². The molecule has 0 spiro atoms. The third-order valence-electron chi connectivity index (χ3n) is 5.49. The van der Waals surface area contributed by atoms with Crippen molar-refractivity contribution in [3.05, 3.63) is 78.4 Å². The van der Waals surface area contributed by atoms with E-state index in [4.69, 9.17) is 5.73 Å². The van der Waals surface area contributed by atoms with E-state index in [1.807, 2.05) is 18.2 Å². The molecule has 0 atom stereocenters. The topological polar surface area (TPSA) is 139 Å². The van der Waals surface area contributed by atoms with Crippen LogP contribution in [0.1, 0.15) is 5.56 Å². The van der Waals surface area contributed by atoms with Gasteiger partial charge in [0.15, 0.2) is 11.6 Å². The molecule has 0 amide bonds. The highest BCUT2D eigenvalue weighted by molar-refractivity contribution is 7.92. The highest BCUT2D eigenvalue weighted by atomic mass is 32.2. The number of aromatic nitrogens is 4. The molecule has 5 rings (SSSR count). The molecule has 9 nitrogen and oxygen atoms in total. The van der Waals surface area contributed by atoms with Crippen LogP contribution in [-0.2, 0) is 23.6 Å². The molecule has 0 aliphatic heterocycles. The van der Waals surface area contributed by atoms with E-state index in [2.05, 4.69) is 19.8 Å². The van der Waals surface area contributed by atoms with Crippen molar-refractivity contribution in [2.24, 2.45) is 12.8 Å². The molecule has 5 aromatic rings. The first-order chi connectivity index (χ1) is 16.4. The Labute approximate surface area is 195 Å². The Hall–Kier alpha value is -4.15. The number of nitrogens with two attached hydrogens (primary N) is 1. The number of nitrogens with zero attached hydrogens (tertiary/aromatic N) is 3. The average Bonchev–Trinajstić information content (AvgIpc) is 3.38. The normalized spacial score (nSPS) is 11.7. The van der Waals surface area contributed by atoms with E-state index >= 15 is 0 Å². The maximum atomic E-state index is 12.5. The number of rotatable bonds is 6. The Morgan fingerprint density at radius 1 is 1.06 bits per heavy atom. The second-order valence-corrected chi connectivity index (χ2v) is 9.49. The molecule has 0 fully saturated rings. The van der Waals surface area contributed by atoms with E-state index < -0.39 is 10.0 Å².